The Bertz CT molecular complexity index is 1010. The number of anilines is 1. The van der Waals surface area contributed by atoms with Gasteiger partial charge in [0.25, 0.3) is 0 Å². The van der Waals surface area contributed by atoms with Gasteiger partial charge in [-0.3, -0.25) is 0 Å². The zero-order chi connectivity index (χ0) is 19.0. The number of nitrogens with zero attached hydrogens (tertiary/aromatic N) is 2. The van der Waals surface area contributed by atoms with Crippen LogP contribution in [-0.4, -0.2) is 23.2 Å². The quantitative estimate of drug-likeness (QED) is 0.496. The van der Waals surface area contributed by atoms with E-state index < -0.39 is 0 Å². The molecule has 1 aliphatic rings. The zero-order valence-electron chi connectivity index (χ0n) is 14.9. The van der Waals surface area contributed by atoms with E-state index in [1.807, 2.05) is 36.4 Å². The normalized spacial score (nSPS) is 14.5. The Labute approximate surface area is 168 Å². The van der Waals surface area contributed by atoms with Crippen LogP contribution in [-0.2, 0) is 0 Å². The van der Waals surface area contributed by atoms with E-state index in [0.29, 0.717) is 15.6 Å². The summed E-state index contributed by atoms with van der Waals surface area (Å²) in [6.07, 6.45) is 3.44. The van der Waals surface area contributed by atoms with Gasteiger partial charge in [-0.25, -0.2) is 4.98 Å². The van der Waals surface area contributed by atoms with Gasteiger partial charge >= 0.3 is 0 Å². The number of piperidine rings is 1. The van der Waals surface area contributed by atoms with Crippen LogP contribution in [0, 0.1) is 0 Å². The molecule has 2 heterocycles. The third kappa shape index (κ3) is 3.38. The number of aliphatic hydroxyl groups is 1. The highest BCUT2D eigenvalue weighted by Gasteiger charge is 2.24. The number of benzene rings is 2. The van der Waals surface area contributed by atoms with E-state index in [0.717, 1.165) is 53.8 Å². The minimum Gasteiger partial charge on any atom is -0.508 e. The van der Waals surface area contributed by atoms with Crippen molar-refractivity contribution in [3.8, 4) is 11.1 Å². The molecule has 0 aliphatic carbocycles. The number of pyridine rings is 1. The van der Waals surface area contributed by atoms with Crippen LogP contribution < -0.4 is 4.90 Å². The van der Waals surface area contributed by atoms with Crippen LogP contribution in [0.3, 0.4) is 0 Å². The molecule has 1 saturated heterocycles. The highest BCUT2D eigenvalue weighted by atomic mass is 35.5. The van der Waals surface area contributed by atoms with Gasteiger partial charge in [0.1, 0.15) is 11.6 Å². The summed E-state index contributed by atoms with van der Waals surface area (Å²) in [4.78, 5) is 7.10. The standard InChI is InChI=1S/C22H20Cl2N2O/c1-14(27)20-21(15-8-4-2-5-9-15)16-12-17(23)18(24)13-19(16)25-22(20)26-10-6-3-7-11-26/h2,4-5,8-9,12-13,27H,1,3,6-7,10-11H2. The van der Waals surface area contributed by atoms with Crippen molar-refractivity contribution in [3.05, 3.63) is 64.7 Å². The largest absolute Gasteiger partial charge is 0.508 e. The number of rotatable bonds is 3. The van der Waals surface area contributed by atoms with Gasteiger partial charge in [0, 0.05) is 24.0 Å². The summed E-state index contributed by atoms with van der Waals surface area (Å²) in [5.41, 5.74) is 3.28. The highest BCUT2D eigenvalue weighted by Crippen LogP contribution is 2.42. The molecule has 5 heteroatoms. The van der Waals surface area contributed by atoms with Crippen molar-refractivity contribution in [1.82, 2.24) is 4.98 Å². The maximum absolute atomic E-state index is 10.5. The fraction of sp³-hybridized carbons (Fsp3) is 0.227. The first-order chi connectivity index (χ1) is 13.1. The Morgan fingerprint density at radius 1 is 1.00 bits per heavy atom. The van der Waals surface area contributed by atoms with Gasteiger partial charge in [-0.05, 0) is 37.0 Å². The van der Waals surface area contributed by atoms with Crippen LogP contribution in [0.25, 0.3) is 27.8 Å². The molecule has 0 amide bonds. The van der Waals surface area contributed by atoms with Gasteiger partial charge in [0.15, 0.2) is 0 Å². The number of hydrogen-bond donors (Lipinski definition) is 1. The van der Waals surface area contributed by atoms with Gasteiger partial charge in [-0.2, -0.15) is 0 Å². The fourth-order valence-electron chi connectivity index (χ4n) is 3.76. The molecule has 0 unspecified atom stereocenters. The molecule has 1 aliphatic heterocycles. The third-order valence-electron chi connectivity index (χ3n) is 5.01. The maximum Gasteiger partial charge on any atom is 0.140 e. The molecule has 0 saturated carbocycles. The van der Waals surface area contributed by atoms with Crippen LogP contribution in [0.15, 0.2) is 49.0 Å². The Balaban J connectivity index is 2.10. The third-order valence-corrected chi connectivity index (χ3v) is 5.74. The predicted octanol–water partition coefficient (Wildman–Crippen LogP) is 6.73. The van der Waals surface area contributed by atoms with Gasteiger partial charge in [-0.1, -0.05) is 60.1 Å². The van der Waals surface area contributed by atoms with E-state index in [1.54, 1.807) is 6.07 Å². The smallest absolute Gasteiger partial charge is 0.140 e. The number of fused-ring (bicyclic) bond motifs is 1. The Hall–Kier alpha value is -2.23. The first-order valence-electron chi connectivity index (χ1n) is 9.07. The van der Waals surface area contributed by atoms with E-state index >= 15 is 0 Å². The van der Waals surface area contributed by atoms with Crippen molar-refractivity contribution >= 4 is 45.7 Å². The van der Waals surface area contributed by atoms with Crippen LogP contribution >= 0.6 is 23.2 Å². The lowest BCUT2D eigenvalue weighted by atomic mass is 9.94. The molecule has 0 radical (unpaired) electrons. The molecule has 1 aromatic heterocycles. The monoisotopic (exact) mass is 398 g/mol. The summed E-state index contributed by atoms with van der Waals surface area (Å²) in [5.74, 6) is 0.766. The van der Waals surface area contributed by atoms with E-state index in [9.17, 15) is 5.11 Å². The summed E-state index contributed by atoms with van der Waals surface area (Å²) in [6, 6.07) is 13.6. The minimum atomic E-state index is 0.00917. The molecule has 27 heavy (non-hydrogen) atoms. The second-order valence-electron chi connectivity index (χ2n) is 6.83. The highest BCUT2D eigenvalue weighted by molar-refractivity contribution is 6.43. The van der Waals surface area contributed by atoms with Crippen molar-refractivity contribution in [1.29, 1.82) is 0 Å². The lowest BCUT2D eigenvalue weighted by Gasteiger charge is -2.31. The minimum absolute atomic E-state index is 0.00917. The second kappa shape index (κ2) is 7.41. The number of halogens is 2. The zero-order valence-corrected chi connectivity index (χ0v) is 16.4. The molecule has 1 fully saturated rings. The van der Waals surface area contributed by atoms with Crippen LogP contribution in [0.2, 0.25) is 10.0 Å². The predicted molar refractivity (Wildman–Crippen MR) is 115 cm³/mol. The van der Waals surface area contributed by atoms with E-state index in [4.69, 9.17) is 28.2 Å². The fourth-order valence-corrected chi connectivity index (χ4v) is 4.08. The molecule has 1 N–H and O–H groups in total. The molecule has 2 aromatic carbocycles. The number of aromatic nitrogens is 1. The van der Waals surface area contributed by atoms with E-state index in [2.05, 4.69) is 11.5 Å². The van der Waals surface area contributed by atoms with Crippen molar-refractivity contribution < 1.29 is 5.11 Å². The average molecular weight is 399 g/mol. The molecule has 3 aromatic rings. The second-order valence-corrected chi connectivity index (χ2v) is 7.64. The number of hydrogen-bond acceptors (Lipinski definition) is 3. The average Bonchev–Trinajstić information content (AvgIpc) is 2.69. The summed E-state index contributed by atoms with van der Waals surface area (Å²) in [5, 5.41) is 12.3. The van der Waals surface area contributed by atoms with Gasteiger partial charge in [0.05, 0.1) is 21.1 Å². The Morgan fingerprint density at radius 2 is 1.67 bits per heavy atom. The molecular formula is C22H20Cl2N2O. The van der Waals surface area contributed by atoms with E-state index in [-0.39, 0.29) is 5.76 Å². The topological polar surface area (TPSA) is 36.4 Å². The van der Waals surface area contributed by atoms with Gasteiger partial charge < -0.3 is 10.0 Å². The Morgan fingerprint density at radius 3 is 2.33 bits per heavy atom. The van der Waals surface area contributed by atoms with Crippen molar-refractivity contribution in [2.24, 2.45) is 0 Å². The van der Waals surface area contributed by atoms with Crippen molar-refractivity contribution in [2.75, 3.05) is 18.0 Å². The summed E-state index contributed by atoms with van der Waals surface area (Å²) >= 11 is 12.6. The van der Waals surface area contributed by atoms with Crippen LogP contribution in [0.4, 0.5) is 5.82 Å². The summed E-state index contributed by atoms with van der Waals surface area (Å²) in [6.45, 7) is 5.67. The lowest BCUT2D eigenvalue weighted by molar-refractivity contribution is 0.512. The molecule has 138 valence electrons. The van der Waals surface area contributed by atoms with Crippen molar-refractivity contribution in [2.45, 2.75) is 19.3 Å². The molecule has 3 nitrogen and oxygen atoms in total. The molecular weight excluding hydrogens is 379 g/mol. The molecule has 0 spiro atoms. The first-order valence-corrected chi connectivity index (χ1v) is 9.83. The van der Waals surface area contributed by atoms with Gasteiger partial charge in [-0.15, -0.1) is 0 Å². The lowest BCUT2D eigenvalue weighted by Crippen LogP contribution is -2.31. The molecule has 0 bridgehead atoms. The maximum atomic E-state index is 10.5. The summed E-state index contributed by atoms with van der Waals surface area (Å²) in [7, 11) is 0. The van der Waals surface area contributed by atoms with Crippen LogP contribution in [0.1, 0.15) is 24.8 Å². The first kappa shape index (κ1) is 18.1. The molecule has 0 atom stereocenters. The number of aliphatic hydroxyl groups excluding tert-OH is 1. The van der Waals surface area contributed by atoms with Crippen LogP contribution in [0.5, 0.6) is 0 Å². The Kier molecular flexibility index (Phi) is 4.98. The van der Waals surface area contributed by atoms with Crippen molar-refractivity contribution in [3.63, 3.8) is 0 Å². The van der Waals surface area contributed by atoms with E-state index in [1.165, 1.54) is 6.42 Å². The molecule has 4 rings (SSSR count). The SMILES string of the molecule is C=C(O)c1c(N2CCCCC2)nc2cc(Cl)c(Cl)cc2c1-c1ccccc1. The van der Waals surface area contributed by atoms with Gasteiger partial charge in [0.2, 0.25) is 0 Å². The summed E-state index contributed by atoms with van der Waals surface area (Å²) < 4.78 is 0.